The van der Waals surface area contributed by atoms with E-state index in [1.165, 1.54) is 12.1 Å². The molecule has 2 heterocycles. The number of rotatable bonds is 8. The number of unbranched alkanes of at least 4 members (excludes halogenated alkanes) is 1. The van der Waals surface area contributed by atoms with Crippen LogP contribution < -0.4 is 0 Å². The zero-order valence-electron chi connectivity index (χ0n) is 17.1. The van der Waals surface area contributed by atoms with Crippen LogP contribution >= 0.6 is 0 Å². The fourth-order valence-corrected chi connectivity index (χ4v) is 4.19. The van der Waals surface area contributed by atoms with Crippen LogP contribution in [0.2, 0.25) is 0 Å². The molecular weight excluding hydrogens is 373 g/mol. The molecular formula is C22H32FN3O3. The molecule has 2 aliphatic rings. The molecule has 0 spiro atoms. The lowest BCUT2D eigenvalue weighted by molar-refractivity contribution is -0.144. The van der Waals surface area contributed by atoms with Crippen LogP contribution in [-0.4, -0.2) is 84.0 Å². The molecule has 0 unspecified atom stereocenters. The maximum Gasteiger partial charge on any atom is 0.227 e. The van der Waals surface area contributed by atoms with Crippen molar-refractivity contribution in [3.63, 3.8) is 0 Å². The summed E-state index contributed by atoms with van der Waals surface area (Å²) in [5, 5.41) is 8.89. The van der Waals surface area contributed by atoms with E-state index in [0.717, 1.165) is 51.1 Å². The van der Waals surface area contributed by atoms with Gasteiger partial charge in [0.05, 0.1) is 5.92 Å². The number of piperazine rings is 1. The molecule has 160 valence electrons. The van der Waals surface area contributed by atoms with Crippen LogP contribution in [0.4, 0.5) is 4.39 Å². The Morgan fingerprint density at radius 2 is 1.93 bits per heavy atom. The third kappa shape index (κ3) is 6.24. The van der Waals surface area contributed by atoms with Crippen molar-refractivity contribution in [1.82, 2.24) is 14.7 Å². The molecule has 2 saturated heterocycles. The maximum atomic E-state index is 13.4. The highest BCUT2D eigenvalue weighted by Gasteiger charge is 2.33. The van der Waals surface area contributed by atoms with E-state index in [1.807, 2.05) is 11.0 Å². The Balaban J connectivity index is 1.47. The number of carbonyl (C=O) groups is 2. The molecule has 2 amide bonds. The van der Waals surface area contributed by atoms with Crippen molar-refractivity contribution in [3.05, 3.63) is 35.6 Å². The lowest BCUT2D eigenvalue weighted by atomic mass is 9.95. The first kappa shape index (κ1) is 21.7. The van der Waals surface area contributed by atoms with E-state index in [0.29, 0.717) is 32.4 Å². The Morgan fingerprint density at radius 1 is 1.14 bits per heavy atom. The average Bonchev–Trinajstić information content (AvgIpc) is 2.73. The van der Waals surface area contributed by atoms with Gasteiger partial charge in [-0.15, -0.1) is 0 Å². The van der Waals surface area contributed by atoms with E-state index in [9.17, 15) is 14.0 Å². The molecule has 0 saturated carbocycles. The average molecular weight is 406 g/mol. The molecule has 0 aliphatic carbocycles. The van der Waals surface area contributed by atoms with Crippen LogP contribution in [0.1, 0.15) is 31.2 Å². The first-order valence-corrected chi connectivity index (χ1v) is 10.7. The summed E-state index contributed by atoms with van der Waals surface area (Å²) in [7, 11) is 0. The normalized spacial score (nSPS) is 20.9. The van der Waals surface area contributed by atoms with E-state index in [-0.39, 0.29) is 30.2 Å². The Morgan fingerprint density at radius 3 is 2.66 bits per heavy atom. The van der Waals surface area contributed by atoms with Gasteiger partial charge in [-0.3, -0.25) is 14.5 Å². The summed E-state index contributed by atoms with van der Waals surface area (Å²) >= 11 is 0. The van der Waals surface area contributed by atoms with Crippen LogP contribution in [-0.2, 0) is 16.0 Å². The molecule has 6 nitrogen and oxygen atoms in total. The first-order chi connectivity index (χ1) is 14.1. The van der Waals surface area contributed by atoms with Gasteiger partial charge in [-0.1, -0.05) is 12.1 Å². The molecule has 0 bridgehead atoms. The van der Waals surface area contributed by atoms with E-state index in [4.69, 9.17) is 5.11 Å². The van der Waals surface area contributed by atoms with Crippen LogP contribution in [0.3, 0.4) is 0 Å². The van der Waals surface area contributed by atoms with Crippen molar-refractivity contribution in [2.45, 2.75) is 32.1 Å². The van der Waals surface area contributed by atoms with Gasteiger partial charge >= 0.3 is 0 Å². The zero-order valence-corrected chi connectivity index (χ0v) is 17.1. The monoisotopic (exact) mass is 405 g/mol. The Kier molecular flexibility index (Phi) is 8.00. The molecule has 1 aromatic carbocycles. The molecule has 2 fully saturated rings. The van der Waals surface area contributed by atoms with Gasteiger partial charge < -0.3 is 14.9 Å². The summed E-state index contributed by atoms with van der Waals surface area (Å²) < 4.78 is 13.4. The quantitative estimate of drug-likeness (QED) is 0.666. The fourth-order valence-electron chi connectivity index (χ4n) is 4.19. The van der Waals surface area contributed by atoms with Crippen molar-refractivity contribution in [1.29, 1.82) is 0 Å². The van der Waals surface area contributed by atoms with Crippen molar-refractivity contribution < 1.29 is 19.1 Å². The minimum atomic E-state index is -0.268. The fraction of sp³-hybridized carbons (Fsp3) is 0.636. The molecule has 1 atom stereocenters. The molecule has 7 heteroatoms. The summed E-state index contributed by atoms with van der Waals surface area (Å²) in [6.45, 7) is 5.37. The van der Waals surface area contributed by atoms with E-state index < -0.39 is 0 Å². The predicted octanol–water partition coefficient (Wildman–Crippen LogP) is 1.52. The number of benzene rings is 1. The van der Waals surface area contributed by atoms with Crippen LogP contribution in [0.25, 0.3) is 0 Å². The van der Waals surface area contributed by atoms with E-state index in [1.54, 1.807) is 11.0 Å². The van der Waals surface area contributed by atoms with Crippen molar-refractivity contribution in [2.75, 3.05) is 52.4 Å². The Hall–Kier alpha value is -1.99. The second-order valence-electron chi connectivity index (χ2n) is 8.05. The molecule has 1 N–H and O–H groups in total. The number of aliphatic hydroxyl groups excluding tert-OH is 1. The molecule has 0 radical (unpaired) electrons. The van der Waals surface area contributed by atoms with Crippen molar-refractivity contribution in [2.24, 2.45) is 5.92 Å². The number of aliphatic hydroxyl groups is 1. The smallest absolute Gasteiger partial charge is 0.227 e. The van der Waals surface area contributed by atoms with Gasteiger partial charge in [-0.05, 0) is 49.9 Å². The van der Waals surface area contributed by atoms with Gasteiger partial charge in [-0.25, -0.2) is 4.39 Å². The molecule has 3 rings (SSSR count). The predicted molar refractivity (Wildman–Crippen MR) is 109 cm³/mol. The summed E-state index contributed by atoms with van der Waals surface area (Å²) in [6.07, 6.45) is 3.42. The minimum absolute atomic E-state index is 0.0826. The number of likely N-dealkylation sites (tertiary alicyclic amines) is 1. The number of halogens is 1. The van der Waals surface area contributed by atoms with Gasteiger partial charge in [0, 0.05) is 52.3 Å². The number of amides is 2. The van der Waals surface area contributed by atoms with Crippen LogP contribution in [0, 0.1) is 11.7 Å². The second kappa shape index (κ2) is 10.7. The van der Waals surface area contributed by atoms with E-state index in [2.05, 4.69) is 4.90 Å². The van der Waals surface area contributed by atoms with Crippen molar-refractivity contribution in [3.8, 4) is 0 Å². The molecule has 29 heavy (non-hydrogen) atoms. The summed E-state index contributed by atoms with van der Waals surface area (Å²) in [5.74, 6) is -0.167. The van der Waals surface area contributed by atoms with Crippen LogP contribution in [0.15, 0.2) is 24.3 Å². The summed E-state index contributed by atoms with van der Waals surface area (Å²) in [4.78, 5) is 31.3. The number of piperidine rings is 1. The van der Waals surface area contributed by atoms with Gasteiger partial charge in [0.15, 0.2) is 0 Å². The SMILES string of the molecule is O=C1CC[C@H](C(=O)N2CCN(CCCCO)CC2)CN1CCc1cccc(F)c1. The minimum Gasteiger partial charge on any atom is -0.396 e. The molecule has 0 aromatic heterocycles. The summed E-state index contributed by atoms with van der Waals surface area (Å²) in [6, 6.07) is 6.45. The molecule has 2 aliphatic heterocycles. The Bertz CT molecular complexity index is 692. The van der Waals surface area contributed by atoms with Gasteiger partial charge in [0.1, 0.15) is 5.82 Å². The molecule has 1 aromatic rings. The number of carbonyl (C=O) groups excluding carboxylic acids is 2. The third-order valence-electron chi connectivity index (χ3n) is 5.98. The lowest BCUT2D eigenvalue weighted by Gasteiger charge is -2.39. The standard InChI is InChI=1S/C22H32FN3O3/c23-20-5-3-4-18(16-20)8-10-26-17-19(6-7-21(26)28)22(29)25-13-11-24(12-14-25)9-1-2-15-27/h3-5,16,19,27H,1-2,6-15,17H2/t19-/m0/s1. The third-order valence-corrected chi connectivity index (χ3v) is 5.98. The second-order valence-corrected chi connectivity index (χ2v) is 8.05. The highest BCUT2D eigenvalue weighted by molar-refractivity contribution is 5.84. The first-order valence-electron chi connectivity index (χ1n) is 10.7. The van der Waals surface area contributed by atoms with Gasteiger partial charge in [-0.2, -0.15) is 0 Å². The van der Waals surface area contributed by atoms with Gasteiger partial charge in [0.2, 0.25) is 11.8 Å². The highest BCUT2D eigenvalue weighted by atomic mass is 19.1. The topological polar surface area (TPSA) is 64.1 Å². The summed E-state index contributed by atoms with van der Waals surface area (Å²) in [5.41, 5.74) is 0.864. The van der Waals surface area contributed by atoms with E-state index >= 15 is 0 Å². The maximum absolute atomic E-state index is 13.4. The largest absolute Gasteiger partial charge is 0.396 e. The number of hydrogen-bond acceptors (Lipinski definition) is 4. The van der Waals surface area contributed by atoms with Gasteiger partial charge in [0.25, 0.3) is 0 Å². The van der Waals surface area contributed by atoms with Crippen LogP contribution in [0.5, 0.6) is 0 Å². The number of nitrogens with zero attached hydrogens (tertiary/aromatic N) is 3. The highest BCUT2D eigenvalue weighted by Crippen LogP contribution is 2.21. The van der Waals surface area contributed by atoms with Crippen molar-refractivity contribution >= 4 is 11.8 Å². The number of hydrogen-bond donors (Lipinski definition) is 1. The lowest BCUT2D eigenvalue weighted by Crippen LogP contribution is -2.53. The zero-order chi connectivity index (χ0) is 20.6. The Labute approximate surface area is 172 Å².